The molecule has 0 amide bonds. The van der Waals surface area contributed by atoms with Crippen LogP contribution in [0.25, 0.3) is 0 Å². The lowest BCUT2D eigenvalue weighted by molar-refractivity contribution is 0.263. The van der Waals surface area contributed by atoms with Gasteiger partial charge in [0, 0.05) is 11.3 Å². The molecule has 1 fully saturated rings. The van der Waals surface area contributed by atoms with Crippen LogP contribution in [0.15, 0.2) is 29.4 Å². The fourth-order valence-corrected chi connectivity index (χ4v) is 4.51. The number of hydrogen-bond donors (Lipinski definition) is 1. The summed E-state index contributed by atoms with van der Waals surface area (Å²) in [6.45, 7) is -0.0225. The molecule has 1 aromatic heterocycles. The zero-order valence-electron chi connectivity index (χ0n) is 11.9. The third-order valence-electron chi connectivity index (χ3n) is 4.35. The average Bonchev–Trinajstić information content (AvgIpc) is 3.29. The van der Waals surface area contributed by atoms with Gasteiger partial charge in [0.05, 0.1) is 0 Å². The minimum Gasteiger partial charge on any atom is -0.388 e. The Morgan fingerprint density at radius 2 is 2.05 bits per heavy atom. The van der Waals surface area contributed by atoms with Crippen molar-refractivity contribution in [3.8, 4) is 0 Å². The molecular formula is C16H19N3OS. The van der Waals surface area contributed by atoms with E-state index in [1.54, 1.807) is 0 Å². The summed E-state index contributed by atoms with van der Waals surface area (Å²) in [7, 11) is 0. The van der Waals surface area contributed by atoms with Crippen molar-refractivity contribution >= 4 is 11.8 Å². The Balaban J connectivity index is 1.64. The van der Waals surface area contributed by atoms with Gasteiger partial charge < -0.3 is 9.67 Å². The molecule has 1 N–H and O–H groups in total. The summed E-state index contributed by atoms with van der Waals surface area (Å²) in [6.07, 6.45) is 5.97. The summed E-state index contributed by atoms with van der Waals surface area (Å²) >= 11 is 1.82. The number of aliphatic hydroxyl groups is 1. The Hall–Kier alpha value is -1.33. The molecule has 4 nitrogen and oxygen atoms in total. The van der Waals surface area contributed by atoms with Crippen LogP contribution in [0.2, 0.25) is 0 Å². The number of aryl methyl sites for hydroxylation is 1. The van der Waals surface area contributed by atoms with Crippen molar-refractivity contribution in [3.63, 3.8) is 0 Å². The second kappa shape index (κ2) is 5.46. The first-order valence-electron chi connectivity index (χ1n) is 7.66. The van der Waals surface area contributed by atoms with Crippen molar-refractivity contribution in [2.45, 2.75) is 55.2 Å². The van der Waals surface area contributed by atoms with E-state index in [1.807, 2.05) is 11.8 Å². The second-order valence-corrected chi connectivity index (χ2v) is 7.03. The van der Waals surface area contributed by atoms with Gasteiger partial charge in [-0.2, -0.15) is 0 Å². The van der Waals surface area contributed by atoms with Crippen molar-refractivity contribution in [1.29, 1.82) is 0 Å². The molecule has 0 aliphatic heterocycles. The number of hydrogen-bond acceptors (Lipinski definition) is 4. The van der Waals surface area contributed by atoms with E-state index in [0.29, 0.717) is 17.1 Å². The lowest BCUT2D eigenvalue weighted by Crippen LogP contribution is -2.09. The van der Waals surface area contributed by atoms with Gasteiger partial charge in [0.1, 0.15) is 6.61 Å². The molecule has 110 valence electrons. The predicted molar refractivity (Wildman–Crippen MR) is 82.2 cm³/mol. The van der Waals surface area contributed by atoms with Gasteiger partial charge in [-0.25, -0.2) is 0 Å². The molecule has 2 aliphatic rings. The molecule has 0 radical (unpaired) electrons. The largest absolute Gasteiger partial charge is 0.388 e. The van der Waals surface area contributed by atoms with Crippen LogP contribution in [0.4, 0.5) is 0 Å². The van der Waals surface area contributed by atoms with E-state index < -0.39 is 0 Å². The molecule has 1 unspecified atom stereocenters. The number of thioether (sulfide) groups is 1. The normalized spacial score (nSPS) is 21.3. The van der Waals surface area contributed by atoms with Gasteiger partial charge >= 0.3 is 0 Å². The fraction of sp³-hybridized carbons (Fsp3) is 0.500. The first-order chi connectivity index (χ1) is 10.4. The van der Waals surface area contributed by atoms with Crippen molar-refractivity contribution in [3.05, 3.63) is 41.2 Å². The summed E-state index contributed by atoms with van der Waals surface area (Å²) in [4.78, 5) is 0. The van der Waals surface area contributed by atoms with E-state index in [0.717, 1.165) is 5.16 Å². The van der Waals surface area contributed by atoms with Crippen LogP contribution in [0.5, 0.6) is 0 Å². The number of aromatic nitrogens is 3. The maximum Gasteiger partial charge on any atom is 0.192 e. The quantitative estimate of drug-likeness (QED) is 0.941. The molecule has 1 heterocycles. The highest BCUT2D eigenvalue weighted by molar-refractivity contribution is 7.99. The van der Waals surface area contributed by atoms with Crippen molar-refractivity contribution in [1.82, 2.24) is 14.8 Å². The summed E-state index contributed by atoms with van der Waals surface area (Å²) in [6, 6.07) is 9.25. The van der Waals surface area contributed by atoms with Crippen LogP contribution in [-0.2, 0) is 13.0 Å². The molecule has 2 aromatic rings. The molecule has 21 heavy (non-hydrogen) atoms. The number of fused-ring (bicyclic) bond motifs is 1. The molecule has 5 heteroatoms. The molecular weight excluding hydrogens is 282 g/mol. The van der Waals surface area contributed by atoms with E-state index in [9.17, 15) is 5.11 Å². The highest BCUT2D eigenvalue weighted by atomic mass is 32.2. The van der Waals surface area contributed by atoms with Gasteiger partial charge in [-0.3, -0.25) is 0 Å². The SMILES string of the molecule is OCc1nnc(SC2CCCc3ccccc32)n1C1CC1. The molecule has 1 saturated carbocycles. The number of aliphatic hydroxyl groups excluding tert-OH is 1. The van der Waals surface area contributed by atoms with E-state index >= 15 is 0 Å². The maximum atomic E-state index is 9.44. The van der Waals surface area contributed by atoms with E-state index in [2.05, 4.69) is 39.0 Å². The van der Waals surface area contributed by atoms with Crippen LogP contribution < -0.4 is 0 Å². The van der Waals surface area contributed by atoms with Gasteiger partial charge in [-0.1, -0.05) is 36.0 Å². The molecule has 1 aromatic carbocycles. The molecule has 0 spiro atoms. The van der Waals surface area contributed by atoms with E-state index in [4.69, 9.17) is 0 Å². The first-order valence-corrected chi connectivity index (χ1v) is 8.54. The van der Waals surface area contributed by atoms with Crippen LogP contribution in [-0.4, -0.2) is 19.9 Å². The topological polar surface area (TPSA) is 50.9 Å². The Kier molecular flexibility index (Phi) is 3.47. The molecule has 4 rings (SSSR count). The second-order valence-electron chi connectivity index (χ2n) is 5.86. The van der Waals surface area contributed by atoms with Crippen molar-refractivity contribution in [2.24, 2.45) is 0 Å². The molecule has 2 aliphatic carbocycles. The van der Waals surface area contributed by atoms with Crippen LogP contribution in [0.1, 0.15) is 53.9 Å². The highest BCUT2D eigenvalue weighted by Gasteiger charge is 2.31. The van der Waals surface area contributed by atoms with Crippen LogP contribution >= 0.6 is 11.8 Å². The number of rotatable bonds is 4. The zero-order valence-corrected chi connectivity index (χ0v) is 12.7. The third-order valence-corrected chi connectivity index (χ3v) is 5.61. The van der Waals surface area contributed by atoms with E-state index in [1.165, 1.54) is 43.2 Å². The summed E-state index contributed by atoms with van der Waals surface area (Å²) in [5.74, 6) is 0.712. The van der Waals surface area contributed by atoms with Gasteiger partial charge in [0.15, 0.2) is 11.0 Å². The summed E-state index contributed by atoms with van der Waals surface area (Å²) in [5.41, 5.74) is 2.92. The smallest absolute Gasteiger partial charge is 0.192 e. The maximum absolute atomic E-state index is 9.44. The lowest BCUT2D eigenvalue weighted by Gasteiger charge is -2.24. The summed E-state index contributed by atoms with van der Waals surface area (Å²) < 4.78 is 2.15. The minimum absolute atomic E-state index is 0.0225. The van der Waals surface area contributed by atoms with Gasteiger partial charge in [0.2, 0.25) is 0 Å². The predicted octanol–water partition coefficient (Wildman–Crippen LogP) is 3.28. The monoisotopic (exact) mass is 301 g/mol. The molecule has 1 atom stereocenters. The van der Waals surface area contributed by atoms with E-state index in [-0.39, 0.29) is 6.61 Å². The summed E-state index contributed by atoms with van der Waals surface area (Å²) in [5, 5.41) is 19.4. The van der Waals surface area contributed by atoms with Crippen LogP contribution in [0.3, 0.4) is 0 Å². The van der Waals surface area contributed by atoms with Crippen LogP contribution in [0, 0.1) is 0 Å². The zero-order chi connectivity index (χ0) is 14.2. The van der Waals surface area contributed by atoms with Gasteiger partial charge in [0.25, 0.3) is 0 Å². The molecule has 0 saturated heterocycles. The number of benzene rings is 1. The molecule has 0 bridgehead atoms. The highest BCUT2D eigenvalue weighted by Crippen LogP contribution is 2.46. The Bertz CT molecular complexity index is 651. The standard InChI is InChI=1S/C16H19N3OS/c20-10-15-17-18-16(19(15)12-8-9-12)21-14-7-3-5-11-4-1-2-6-13(11)14/h1-2,4,6,12,14,20H,3,5,7-10H2. The Morgan fingerprint density at radius 1 is 1.19 bits per heavy atom. The average molecular weight is 301 g/mol. The first kappa shape index (κ1) is 13.3. The minimum atomic E-state index is -0.0225. The van der Waals surface area contributed by atoms with Gasteiger partial charge in [-0.15, -0.1) is 10.2 Å². The third kappa shape index (κ3) is 2.49. The van der Waals surface area contributed by atoms with Crippen molar-refractivity contribution < 1.29 is 5.11 Å². The van der Waals surface area contributed by atoms with Gasteiger partial charge in [-0.05, 0) is 43.2 Å². The number of nitrogens with zero attached hydrogens (tertiary/aromatic N) is 3. The lowest BCUT2D eigenvalue weighted by atomic mass is 9.91. The Morgan fingerprint density at radius 3 is 2.86 bits per heavy atom. The fourth-order valence-electron chi connectivity index (χ4n) is 3.15. The Labute approximate surface area is 128 Å². The van der Waals surface area contributed by atoms with Crippen molar-refractivity contribution in [2.75, 3.05) is 0 Å².